The van der Waals surface area contributed by atoms with Crippen molar-refractivity contribution < 1.29 is 23.9 Å². The number of ketones is 2. The van der Waals surface area contributed by atoms with Crippen LogP contribution in [-0.2, 0) is 14.4 Å². The van der Waals surface area contributed by atoms with Crippen LogP contribution in [0.5, 0.6) is 11.5 Å². The maximum atomic E-state index is 13.8. The van der Waals surface area contributed by atoms with Gasteiger partial charge in [0.1, 0.15) is 0 Å². The number of amides is 1. The summed E-state index contributed by atoms with van der Waals surface area (Å²) in [7, 11) is 1.98. The summed E-state index contributed by atoms with van der Waals surface area (Å²) >= 11 is 12.8. The largest absolute Gasteiger partial charge is 0.490 e. The number of hydrogen-bond donors (Lipinski definition) is 1. The van der Waals surface area contributed by atoms with Gasteiger partial charge < -0.3 is 19.7 Å². The third kappa shape index (κ3) is 6.34. The smallest absolute Gasteiger partial charge is 0.262 e. The van der Waals surface area contributed by atoms with Gasteiger partial charge in [0, 0.05) is 59.1 Å². The van der Waals surface area contributed by atoms with E-state index in [0.717, 1.165) is 24.2 Å². The van der Waals surface area contributed by atoms with E-state index in [2.05, 4.69) is 37.9 Å². The Morgan fingerprint density at radius 2 is 1.47 bits per heavy atom. The van der Waals surface area contributed by atoms with Gasteiger partial charge in [-0.25, -0.2) is 0 Å². The molecule has 0 bridgehead atoms. The lowest BCUT2D eigenvalue weighted by molar-refractivity contribution is -0.120. The second-order valence-electron chi connectivity index (χ2n) is 13.2. The van der Waals surface area contributed by atoms with Crippen molar-refractivity contribution in [3.05, 3.63) is 74.5 Å². The first-order valence-corrected chi connectivity index (χ1v) is 15.4. The van der Waals surface area contributed by atoms with Crippen LogP contribution in [0.25, 0.3) is 0 Å². The van der Waals surface area contributed by atoms with Crippen LogP contribution in [-0.4, -0.2) is 42.6 Å². The molecule has 9 heteroatoms. The van der Waals surface area contributed by atoms with Crippen LogP contribution in [0.4, 0.5) is 5.69 Å². The Hall–Kier alpha value is -3.29. The number of ether oxygens (including phenoxy) is 2. The SMILES string of the molecule is CCOc1cc(C2C3=C(CC(C)(C)CC3=O)N(C)C3=C2C(=O)CC(C)(C)C3)cc(Cl)c1OCC(=O)Nc1ccc(Cl)cc1. The number of nitrogens with zero attached hydrogens (tertiary/aromatic N) is 1. The Morgan fingerprint density at radius 1 is 0.907 bits per heavy atom. The molecule has 0 saturated carbocycles. The fraction of sp³-hybridized carbons (Fsp3) is 0.441. The molecule has 228 valence electrons. The molecule has 3 aliphatic rings. The lowest BCUT2D eigenvalue weighted by Crippen LogP contribution is -2.43. The number of nitrogens with one attached hydrogen (secondary N) is 1. The average molecular weight is 626 g/mol. The van der Waals surface area contributed by atoms with Gasteiger partial charge in [-0.05, 0) is 72.6 Å². The maximum Gasteiger partial charge on any atom is 0.262 e. The predicted octanol–water partition coefficient (Wildman–Crippen LogP) is 7.73. The van der Waals surface area contributed by atoms with Crippen molar-refractivity contribution in [2.75, 3.05) is 25.6 Å². The fourth-order valence-electron chi connectivity index (χ4n) is 6.52. The Balaban J connectivity index is 1.54. The van der Waals surface area contributed by atoms with E-state index >= 15 is 0 Å². The topological polar surface area (TPSA) is 84.9 Å². The highest BCUT2D eigenvalue weighted by Gasteiger charge is 2.48. The molecule has 0 fully saturated rings. The Labute approximate surface area is 263 Å². The van der Waals surface area contributed by atoms with E-state index in [1.165, 1.54) is 0 Å². The van der Waals surface area contributed by atoms with Gasteiger partial charge in [-0.1, -0.05) is 50.9 Å². The van der Waals surface area contributed by atoms with E-state index in [1.54, 1.807) is 36.4 Å². The van der Waals surface area contributed by atoms with Crippen molar-refractivity contribution in [1.82, 2.24) is 4.90 Å². The van der Waals surface area contributed by atoms with Gasteiger partial charge in [-0.3, -0.25) is 14.4 Å². The summed E-state index contributed by atoms with van der Waals surface area (Å²) in [5.74, 6) is -0.286. The summed E-state index contributed by atoms with van der Waals surface area (Å²) in [4.78, 5) is 42.4. The normalized spacial score (nSPS) is 19.7. The number of hydrogen-bond acceptors (Lipinski definition) is 6. The van der Waals surface area contributed by atoms with Crippen molar-refractivity contribution >= 4 is 46.4 Å². The molecule has 5 rings (SSSR count). The molecule has 0 saturated heterocycles. The quantitative estimate of drug-likeness (QED) is 0.339. The second-order valence-corrected chi connectivity index (χ2v) is 14.0. The highest BCUT2D eigenvalue weighted by Crippen LogP contribution is 2.55. The average Bonchev–Trinajstić information content (AvgIpc) is 2.89. The van der Waals surface area contributed by atoms with Crippen LogP contribution in [0.1, 0.15) is 71.8 Å². The number of Topliss-reactive ketones (excluding diaryl/α,β-unsaturated/α-hetero) is 2. The number of carbonyl (C=O) groups excluding carboxylic acids is 3. The molecule has 1 heterocycles. The van der Waals surface area contributed by atoms with Crippen molar-refractivity contribution in [1.29, 1.82) is 0 Å². The summed E-state index contributed by atoms with van der Waals surface area (Å²) in [6.07, 6.45) is 2.24. The zero-order valence-corrected chi connectivity index (χ0v) is 27.0. The molecular weight excluding hydrogens is 587 g/mol. The molecule has 0 aromatic heterocycles. The van der Waals surface area contributed by atoms with Crippen LogP contribution in [0.15, 0.2) is 58.9 Å². The number of rotatable bonds is 7. The Kier molecular flexibility index (Phi) is 8.45. The monoisotopic (exact) mass is 624 g/mol. The highest BCUT2D eigenvalue weighted by molar-refractivity contribution is 6.32. The van der Waals surface area contributed by atoms with E-state index < -0.39 is 5.92 Å². The number of allylic oxidation sites excluding steroid dienone is 4. The van der Waals surface area contributed by atoms with Crippen LogP contribution in [0.2, 0.25) is 10.0 Å². The molecule has 0 unspecified atom stereocenters. The van der Waals surface area contributed by atoms with Crippen molar-refractivity contribution in [2.24, 2.45) is 10.8 Å². The third-order valence-corrected chi connectivity index (χ3v) is 8.85. The highest BCUT2D eigenvalue weighted by atomic mass is 35.5. The third-order valence-electron chi connectivity index (χ3n) is 8.32. The molecule has 7 nitrogen and oxygen atoms in total. The standard InChI is InChI=1S/C34H38Cl2N2O5/c1-7-42-27-13-19(12-22(36)32(27)43-18-28(41)37-21-10-8-20(35)9-11-21)29-30-23(14-33(2,3)16-25(30)39)38(6)24-15-34(4,5)17-26(40)31(24)29/h8-13,29H,7,14-18H2,1-6H3,(H,37,41). The minimum atomic E-state index is -0.563. The summed E-state index contributed by atoms with van der Waals surface area (Å²) < 4.78 is 11.8. The fourth-order valence-corrected chi connectivity index (χ4v) is 6.92. The van der Waals surface area contributed by atoms with Gasteiger partial charge in [-0.15, -0.1) is 0 Å². The first-order chi connectivity index (χ1) is 20.2. The number of halogens is 2. The minimum Gasteiger partial charge on any atom is -0.490 e. The Bertz CT molecular complexity index is 1500. The molecule has 0 spiro atoms. The molecule has 1 aliphatic heterocycles. The van der Waals surface area contributed by atoms with Crippen molar-refractivity contribution in [3.63, 3.8) is 0 Å². The summed E-state index contributed by atoms with van der Waals surface area (Å²) in [6, 6.07) is 10.3. The van der Waals surface area contributed by atoms with Gasteiger partial charge >= 0.3 is 0 Å². The number of carbonyl (C=O) groups is 3. The first-order valence-electron chi connectivity index (χ1n) is 14.6. The van der Waals surface area contributed by atoms with Crippen molar-refractivity contribution in [2.45, 2.75) is 66.2 Å². The molecule has 2 aromatic carbocycles. The maximum absolute atomic E-state index is 13.8. The number of anilines is 1. The van der Waals surface area contributed by atoms with E-state index in [4.69, 9.17) is 32.7 Å². The van der Waals surface area contributed by atoms with Gasteiger partial charge in [0.05, 0.1) is 11.6 Å². The van der Waals surface area contributed by atoms with Crippen LogP contribution in [0, 0.1) is 10.8 Å². The van der Waals surface area contributed by atoms with Crippen LogP contribution in [0.3, 0.4) is 0 Å². The molecule has 2 aliphatic carbocycles. The molecule has 0 radical (unpaired) electrons. The van der Waals surface area contributed by atoms with E-state index in [-0.39, 0.29) is 45.7 Å². The zero-order valence-electron chi connectivity index (χ0n) is 25.5. The lowest BCUT2D eigenvalue weighted by Gasteiger charge is -2.48. The lowest BCUT2D eigenvalue weighted by atomic mass is 9.63. The van der Waals surface area contributed by atoms with E-state index in [0.29, 0.717) is 52.6 Å². The molecule has 0 atom stereocenters. The summed E-state index contributed by atoms with van der Waals surface area (Å²) in [5.41, 5.74) is 4.12. The predicted molar refractivity (Wildman–Crippen MR) is 169 cm³/mol. The summed E-state index contributed by atoms with van der Waals surface area (Å²) in [5, 5.41) is 3.56. The summed E-state index contributed by atoms with van der Waals surface area (Å²) in [6.45, 7) is 10.3. The molecule has 1 amide bonds. The van der Waals surface area contributed by atoms with Gasteiger partial charge in [0.25, 0.3) is 5.91 Å². The number of benzene rings is 2. The molecular formula is C34H38Cl2N2O5. The Morgan fingerprint density at radius 3 is 2.00 bits per heavy atom. The van der Waals surface area contributed by atoms with E-state index in [1.807, 2.05) is 14.0 Å². The van der Waals surface area contributed by atoms with E-state index in [9.17, 15) is 14.4 Å². The minimum absolute atomic E-state index is 0.0422. The van der Waals surface area contributed by atoms with Gasteiger partial charge in [0.15, 0.2) is 29.7 Å². The molecule has 1 N–H and O–H groups in total. The zero-order chi connectivity index (χ0) is 31.3. The van der Waals surface area contributed by atoms with Crippen LogP contribution >= 0.6 is 23.2 Å². The first kappa shape index (κ1) is 31.1. The molecule has 43 heavy (non-hydrogen) atoms. The van der Waals surface area contributed by atoms with Gasteiger partial charge in [-0.2, -0.15) is 0 Å². The van der Waals surface area contributed by atoms with Gasteiger partial charge in [0.2, 0.25) is 0 Å². The van der Waals surface area contributed by atoms with Crippen molar-refractivity contribution in [3.8, 4) is 11.5 Å². The molecule has 2 aromatic rings. The second kappa shape index (κ2) is 11.7. The van der Waals surface area contributed by atoms with Crippen LogP contribution < -0.4 is 14.8 Å².